The summed E-state index contributed by atoms with van der Waals surface area (Å²) in [7, 11) is 0. The van der Waals surface area contributed by atoms with Gasteiger partial charge >= 0.3 is 0 Å². The quantitative estimate of drug-likeness (QED) is 0.875. The van der Waals surface area contributed by atoms with Crippen LogP contribution in [0.4, 0.5) is 5.69 Å². The average molecular weight is 280 g/mol. The Morgan fingerprint density at radius 1 is 1.38 bits per heavy atom. The van der Waals surface area contributed by atoms with Crippen molar-refractivity contribution < 1.29 is 0 Å². The van der Waals surface area contributed by atoms with Gasteiger partial charge in [-0.2, -0.15) is 5.26 Å². The maximum Gasteiger partial charge on any atom is 0.100 e. The summed E-state index contributed by atoms with van der Waals surface area (Å²) in [5.41, 5.74) is 1.76. The van der Waals surface area contributed by atoms with Gasteiger partial charge in [0.2, 0.25) is 0 Å². The Labute approximate surface area is 104 Å². The lowest BCUT2D eigenvalue weighted by Gasteiger charge is -2.24. The zero-order valence-corrected chi connectivity index (χ0v) is 10.5. The first-order chi connectivity index (χ1) is 7.79. The molecule has 1 aliphatic heterocycles. The highest BCUT2D eigenvalue weighted by Crippen LogP contribution is 2.22. The van der Waals surface area contributed by atoms with Gasteiger partial charge in [0.25, 0.3) is 0 Å². The number of nitriles is 1. The van der Waals surface area contributed by atoms with Crippen molar-refractivity contribution in [2.24, 2.45) is 0 Å². The van der Waals surface area contributed by atoms with Crippen LogP contribution in [0.3, 0.4) is 0 Å². The summed E-state index contributed by atoms with van der Waals surface area (Å²) in [6.45, 7) is 2.16. The van der Waals surface area contributed by atoms with Crippen molar-refractivity contribution in [2.75, 3.05) is 18.4 Å². The van der Waals surface area contributed by atoms with Crippen LogP contribution in [0.2, 0.25) is 0 Å². The zero-order valence-electron chi connectivity index (χ0n) is 8.96. The first kappa shape index (κ1) is 11.4. The normalized spacial score (nSPS) is 16.8. The maximum absolute atomic E-state index is 8.82. The Morgan fingerprint density at radius 3 is 2.75 bits per heavy atom. The van der Waals surface area contributed by atoms with E-state index in [1.807, 2.05) is 18.2 Å². The number of nitrogens with zero attached hydrogens (tertiary/aromatic N) is 1. The molecule has 0 bridgehead atoms. The van der Waals surface area contributed by atoms with Gasteiger partial charge in [0.05, 0.1) is 5.56 Å². The second-order valence-corrected chi connectivity index (χ2v) is 4.83. The van der Waals surface area contributed by atoms with Crippen LogP contribution in [-0.2, 0) is 0 Å². The summed E-state index contributed by atoms with van der Waals surface area (Å²) in [4.78, 5) is 0. The molecule has 0 spiro atoms. The van der Waals surface area contributed by atoms with Gasteiger partial charge in [0.15, 0.2) is 0 Å². The lowest BCUT2D eigenvalue weighted by Crippen LogP contribution is -2.35. The monoisotopic (exact) mass is 279 g/mol. The molecule has 3 nitrogen and oxygen atoms in total. The van der Waals surface area contributed by atoms with Crippen LogP contribution < -0.4 is 10.6 Å². The van der Waals surface area contributed by atoms with Crippen LogP contribution in [-0.4, -0.2) is 19.1 Å². The molecule has 1 heterocycles. The van der Waals surface area contributed by atoms with Gasteiger partial charge in [-0.15, -0.1) is 0 Å². The van der Waals surface area contributed by atoms with Crippen LogP contribution in [0.25, 0.3) is 0 Å². The van der Waals surface area contributed by atoms with Crippen molar-refractivity contribution in [3.63, 3.8) is 0 Å². The molecule has 0 radical (unpaired) electrons. The lowest BCUT2D eigenvalue weighted by atomic mass is 10.1. The first-order valence-corrected chi connectivity index (χ1v) is 6.26. The molecule has 1 saturated heterocycles. The van der Waals surface area contributed by atoms with Crippen LogP contribution in [0.1, 0.15) is 18.4 Å². The number of rotatable bonds is 2. The fourth-order valence-electron chi connectivity index (χ4n) is 1.90. The Kier molecular flexibility index (Phi) is 3.81. The molecule has 1 fully saturated rings. The standard InChI is InChI=1S/C12H14BrN3/c13-12-7-11(2-1-9(12)8-14)16-10-3-5-15-6-4-10/h1-2,7,10,15-16H,3-6H2. The summed E-state index contributed by atoms with van der Waals surface area (Å²) in [6, 6.07) is 8.46. The van der Waals surface area contributed by atoms with E-state index in [1.54, 1.807) is 0 Å². The first-order valence-electron chi connectivity index (χ1n) is 5.46. The Hall–Kier alpha value is -1.05. The minimum atomic E-state index is 0.543. The summed E-state index contributed by atoms with van der Waals surface area (Å²) in [5, 5.41) is 15.7. The molecule has 0 unspecified atom stereocenters. The van der Waals surface area contributed by atoms with Gasteiger partial charge in [0.1, 0.15) is 6.07 Å². The van der Waals surface area contributed by atoms with Crippen molar-refractivity contribution in [3.05, 3.63) is 28.2 Å². The molecule has 1 aromatic rings. The van der Waals surface area contributed by atoms with Gasteiger partial charge in [-0.05, 0) is 60.1 Å². The minimum absolute atomic E-state index is 0.543. The summed E-state index contributed by atoms with van der Waals surface area (Å²) < 4.78 is 0.855. The molecule has 2 rings (SSSR count). The van der Waals surface area contributed by atoms with Crippen molar-refractivity contribution in [1.82, 2.24) is 5.32 Å². The van der Waals surface area contributed by atoms with E-state index in [4.69, 9.17) is 5.26 Å². The van der Waals surface area contributed by atoms with E-state index in [9.17, 15) is 0 Å². The van der Waals surface area contributed by atoms with Gasteiger partial charge in [-0.1, -0.05) is 0 Å². The number of halogens is 1. The van der Waals surface area contributed by atoms with Crippen LogP contribution >= 0.6 is 15.9 Å². The fourth-order valence-corrected chi connectivity index (χ4v) is 2.36. The molecule has 0 amide bonds. The van der Waals surface area contributed by atoms with Crippen molar-refractivity contribution >= 4 is 21.6 Å². The SMILES string of the molecule is N#Cc1ccc(NC2CCNCC2)cc1Br. The van der Waals surface area contributed by atoms with Crippen molar-refractivity contribution in [2.45, 2.75) is 18.9 Å². The molecule has 4 heteroatoms. The number of piperidine rings is 1. The molecule has 0 saturated carbocycles. The molecular formula is C12H14BrN3. The average Bonchev–Trinajstić information content (AvgIpc) is 2.31. The third-order valence-electron chi connectivity index (χ3n) is 2.80. The van der Waals surface area contributed by atoms with E-state index in [2.05, 4.69) is 32.6 Å². The second kappa shape index (κ2) is 5.33. The topological polar surface area (TPSA) is 47.9 Å². The number of nitrogens with one attached hydrogen (secondary N) is 2. The molecule has 1 aliphatic rings. The van der Waals surface area contributed by atoms with Gasteiger partial charge in [-0.3, -0.25) is 0 Å². The van der Waals surface area contributed by atoms with E-state index < -0.39 is 0 Å². The van der Waals surface area contributed by atoms with Gasteiger partial charge in [-0.25, -0.2) is 0 Å². The number of anilines is 1. The molecule has 1 aromatic carbocycles. The van der Waals surface area contributed by atoms with Crippen LogP contribution in [0, 0.1) is 11.3 Å². The van der Waals surface area contributed by atoms with E-state index >= 15 is 0 Å². The molecule has 0 atom stereocenters. The Balaban J connectivity index is 2.04. The van der Waals surface area contributed by atoms with E-state index in [-0.39, 0.29) is 0 Å². The predicted octanol–water partition coefficient (Wildman–Crippen LogP) is 2.48. The Morgan fingerprint density at radius 2 is 2.12 bits per heavy atom. The third-order valence-corrected chi connectivity index (χ3v) is 3.46. The molecule has 0 aromatic heterocycles. The van der Waals surface area contributed by atoms with Crippen LogP contribution in [0.5, 0.6) is 0 Å². The predicted molar refractivity (Wildman–Crippen MR) is 68.4 cm³/mol. The highest BCUT2D eigenvalue weighted by Gasteiger charge is 2.12. The maximum atomic E-state index is 8.82. The third kappa shape index (κ3) is 2.75. The van der Waals surface area contributed by atoms with Crippen molar-refractivity contribution in [3.8, 4) is 6.07 Å². The largest absolute Gasteiger partial charge is 0.382 e. The summed E-state index contributed by atoms with van der Waals surface area (Å²) >= 11 is 3.40. The Bertz CT molecular complexity index is 405. The van der Waals surface area contributed by atoms with Gasteiger partial charge in [0, 0.05) is 16.2 Å². The summed E-state index contributed by atoms with van der Waals surface area (Å²) in [5.74, 6) is 0. The molecule has 84 valence electrons. The highest BCUT2D eigenvalue weighted by molar-refractivity contribution is 9.10. The fraction of sp³-hybridized carbons (Fsp3) is 0.417. The molecule has 2 N–H and O–H groups in total. The van der Waals surface area contributed by atoms with Crippen LogP contribution in [0.15, 0.2) is 22.7 Å². The smallest absolute Gasteiger partial charge is 0.100 e. The van der Waals surface area contributed by atoms with Crippen molar-refractivity contribution in [1.29, 1.82) is 5.26 Å². The summed E-state index contributed by atoms with van der Waals surface area (Å²) in [6.07, 6.45) is 2.30. The minimum Gasteiger partial charge on any atom is -0.382 e. The number of hydrogen-bond donors (Lipinski definition) is 2. The van der Waals surface area contributed by atoms with Gasteiger partial charge < -0.3 is 10.6 Å². The number of benzene rings is 1. The number of hydrogen-bond acceptors (Lipinski definition) is 3. The highest BCUT2D eigenvalue weighted by atomic mass is 79.9. The lowest BCUT2D eigenvalue weighted by molar-refractivity contribution is 0.479. The molecule has 0 aliphatic carbocycles. The van der Waals surface area contributed by atoms with E-state index in [1.165, 1.54) is 0 Å². The molecular weight excluding hydrogens is 266 g/mol. The second-order valence-electron chi connectivity index (χ2n) is 3.98. The van der Waals surface area contributed by atoms with E-state index in [0.717, 1.165) is 36.1 Å². The zero-order chi connectivity index (χ0) is 11.4. The molecule has 16 heavy (non-hydrogen) atoms. The van der Waals surface area contributed by atoms with E-state index in [0.29, 0.717) is 11.6 Å².